The number of fused-ring (bicyclic) bond motifs is 1. The van der Waals surface area contributed by atoms with Gasteiger partial charge in [0.05, 0.1) is 0 Å². The molecule has 2 aromatic heterocycles. The maximum atomic E-state index is 11.5. The highest BCUT2D eigenvalue weighted by Gasteiger charge is 2.16. The van der Waals surface area contributed by atoms with Gasteiger partial charge in [0.15, 0.2) is 5.65 Å². The first-order chi connectivity index (χ1) is 9.24. The Kier molecular flexibility index (Phi) is 3.20. The third-order valence-corrected chi connectivity index (χ3v) is 3.58. The quantitative estimate of drug-likeness (QED) is 0.804. The average Bonchev–Trinajstić information content (AvgIpc) is 2.81. The lowest BCUT2D eigenvalue weighted by atomic mass is 9.99. The third kappa shape index (κ3) is 2.46. The molecule has 0 spiro atoms. The van der Waals surface area contributed by atoms with Crippen molar-refractivity contribution in [2.45, 2.75) is 12.8 Å². The summed E-state index contributed by atoms with van der Waals surface area (Å²) in [6.45, 7) is 3.12. The molecule has 0 bridgehead atoms. The average molecular weight is 262 g/mol. The largest absolute Gasteiger partial charge is 0.364 e. The molecule has 0 amide bonds. The van der Waals surface area contributed by atoms with E-state index in [1.165, 1.54) is 17.4 Å². The van der Waals surface area contributed by atoms with Crippen molar-refractivity contribution in [1.82, 2.24) is 25.1 Å². The fraction of sp³-hybridized carbons (Fsp3) is 0.583. The highest BCUT2D eigenvalue weighted by Crippen LogP contribution is 2.15. The van der Waals surface area contributed by atoms with Gasteiger partial charge in [0.25, 0.3) is 0 Å². The van der Waals surface area contributed by atoms with E-state index < -0.39 is 0 Å². The van der Waals surface area contributed by atoms with Crippen molar-refractivity contribution >= 4 is 11.5 Å². The van der Waals surface area contributed by atoms with Crippen molar-refractivity contribution in [2.75, 3.05) is 31.6 Å². The molecular weight excluding hydrogens is 244 g/mol. The van der Waals surface area contributed by atoms with E-state index in [2.05, 4.69) is 25.5 Å². The van der Waals surface area contributed by atoms with Crippen molar-refractivity contribution < 1.29 is 0 Å². The first-order valence-electron chi connectivity index (χ1n) is 6.60. The van der Waals surface area contributed by atoms with Crippen LogP contribution in [-0.4, -0.2) is 46.5 Å². The molecule has 3 rings (SSSR count). The first kappa shape index (κ1) is 12.2. The smallest absolute Gasteiger partial charge is 0.358 e. The highest BCUT2D eigenvalue weighted by molar-refractivity contribution is 5.44. The zero-order valence-corrected chi connectivity index (χ0v) is 11.0. The van der Waals surface area contributed by atoms with Gasteiger partial charge in [-0.3, -0.25) is 0 Å². The highest BCUT2D eigenvalue weighted by atomic mass is 16.2. The van der Waals surface area contributed by atoms with Gasteiger partial charge in [-0.2, -0.15) is 9.61 Å². The van der Waals surface area contributed by atoms with Gasteiger partial charge in [-0.25, -0.2) is 9.89 Å². The Balaban J connectivity index is 1.78. The Morgan fingerprint density at radius 3 is 3.21 bits per heavy atom. The van der Waals surface area contributed by atoms with E-state index in [1.54, 1.807) is 6.07 Å². The van der Waals surface area contributed by atoms with Gasteiger partial charge >= 0.3 is 5.69 Å². The molecule has 1 aliphatic heterocycles. The molecule has 3 heterocycles. The second-order valence-electron chi connectivity index (χ2n) is 5.08. The van der Waals surface area contributed by atoms with Gasteiger partial charge in [0, 0.05) is 13.6 Å². The fourth-order valence-corrected chi connectivity index (χ4v) is 2.56. The monoisotopic (exact) mass is 262 g/mol. The number of hydrogen-bond acceptors (Lipinski definition) is 5. The predicted octanol–water partition coefficient (Wildman–Crippen LogP) is -0.147. The van der Waals surface area contributed by atoms with E-state index in [9.17, 15) is 4.79 Å². The van der Waals surface area contributed by atoms with Crippen LogP contribution in [0, 0.1) is 5.92 Å². The van der Waals surface area contributed by atoms with E-state index in [1.807, 2.05) is 13.1 Å². The minimum atomic E-state index is -0.301. The summed E-state index contributed by atoms with van der Waals surface area (Å²) in [6.07, 6.45) is 2.47. The van der Waals surface area contributed by atoms with Crippen LogP contribution < -0.4 is 15.9 Å². The summed E-state index contributed by atoms with van der Waals surface area (Å²) in [6, 6.07) is 3.70. The molecule has 7 heteroatoms. The Hall–Kier alpha value is -1.89. The molecular formula is C12H18N6O. The zero-order chi connectivity index (χ0) is 13.2. The molecule has 1 fully saturated rings. The number of rotatable bonds is 3. The summed E-state index contributed by atoms with van der Waals surface area (Å²) in [7, 11) is 2.01. The number of H-pyrrole nitrogens is 1. The SMILES string of the molecule is CN(CC1CCCNC1)c1ccc2n[nH]c(=O)n2n1. The molecule has 0 radical (unpaired) electrons. The maximum absolute atomic E-state index is 11.5. The summed E-state index contributed by atoms with van der Waals surface area (Å²) >= 11 is 0. The molecule has 1 saturated heterocycles. The predicted molar refractivity (Wildman–Crippen MR) is 72.5 cm³/mol. The van der Waals surface area contributed by atoms with Crippen LogP contribution >= 0.6 is 0 Å². The van der Waals surface area contributed by atoms with Crippen molar-refractivity contribution in [2.24, 2.45) is 5.92 Å². The standard InChI is InChI=1S/C12H18N6O/c1-17(8-9-3-2-6-13-7-9)11-5-4-10-14-15-12(19)18(10)16-11/h4-5,9,13H,2-3,6-8H2,1H3,(H,15,19). The Morgan fingerprint density at radius 2 is 2.42 bits per heavy atom. The summed E-state index contributed by atoms with van der Waals surface area (Å²) < 4.78 is 1.30. The van der Waals surface area contributed by atoms with Crippen LogP contribution in [0.25, 0.3) is 5.65 Å². The number of aromatic amines is 1. The molecule has 0 saturated carbocycles. The molecule has 1 atom stereocenters. The van der Waals surface area contributed by atoms with Gasteiger partial charge in [-0.15, -0.1) is 5.10 Å². The minimum absolute atomic E-state index is 0.301. The fourth-order valence-electron chi connectivity index (χ4n) is 2.56. The van der Waals surface area contributed by atoms with Crippen molar-refractivity contribution in [1.29, 1.82) is 0 Å². The van der Waals surface area contributed by atoms with Crippen molar-refractivity contribution in [3.63, 3.8) is 0 Å². The van der Waals surface area contributed by atoms with Gasteiger partial charge < -0.3 is 10.2 Å². The van der Waals surface area contributed by atoms with E-state index in [-0.39, 0.29) is 5.69 Å². The van der Waals surface area contributed by atoms with Crippen LogP contribution in [0.2, 0.25) is 0 Å². The Morgan fingerprint density at radius 1 is 1.53 bits per heavy atom. The number of nitrogens with one attached hydrogen (secondary N) is 2. The van der Waals surface area contributed by atoms with Crippen LogP contribution in [0.1, 0.15) is 12.8 Å². The summed E-state index contributed by atoms with van der Waals surface area (Å²) in [4.78, 5) is 13.6. The van der Waals surface area contributed by atoms with Crippen molar-refractivity contribution in [3.05, 3.63) is 22.6 Å². The van der Waals surface area contributed by atoms with Gasteiger partial charge in [0.1, 0.15) is 5.82 Å². The zero-order valence-electron chi connectivity index (χ0n) is 11.0. The topological polar surface area (TPSA) is 78.3 Å². The van der Waals surface area contributed by atoms with Gasteiger partial charge in [-0.1, -0.05) is 0 Å². The van der Waals surface area contributed by atoms with Gasteiger partial charge in [0.2, 0.25) is 0 Å². The second-order valence-corrected chi connectivity index (χ2v) is 5.08. The molecule has 2 N–H and O–H groups in total. The summed E-state index contributed by atoms with van der Waals surface area (Å²) in [5.74, 6) is 1.43. The lowest BCUT2D eigenvalue weighted by Crippen LogP contribution is -2.37. The summed E-state index contributed by atoms with van der Waals surface area (Å²) in [5.41, 5.74) is 0.242. The molecule has 0 aliphatic carbocycles. The van der Waals surface area contributed by atoms with Crippen LogP contribution in [0.15, 0.2) is 16.9 Å². The lowest BCUT2D eigenvalue weighted by molar-refractivity contribution is 0.380. The molecule has 7 nitrogen and oxygen atoms in total. The first-order valence-corrected chi connectivity index (χ1v) is 6.60. The van der Waals surface area contributed by atoms with Crippen LogP contribution in [0.4, 0.5) is 5.82 Å². The number of aromatic nitrogens is 4. The normalized spacial score (nSPS) is 19.7. The van der Waals surface area contributed by atoms with E-state index in [0.717, 1.165) is 25.5 Å². The molecule has 102 valence electrons. The Bertz CT molecular complexity index is 612. The van der Waals surface area contributed by atoms with E-state index in [0.29, 0.717) is 11.6 Å². The van der Waals surface area contributed by atoms with Crippen molar-refractivity contribution in [3.8, 4) is 0 Å². The van der Waals surface area contributed by atoms with E-state index >= 15 is 0 Å². The maximum Gasteiger partial charge on any atom is 0.364 e. The molecule has 0 aromatic carbocycles. The van der Waals surface area contributed by atoms with Crippen LogP contribution in [0.5, 0.6) is 0 Å². The third-order valence-electron chi connectivity index (χ3n) is 3.58. The lowest BCUT2D eigenvalue weighted by Gasteiger charge is -2.28. The molecule has 1 aliphatic rings. The van der Waals surface area contributed by atoms with Crippen LogP contribution in [-0.2, 0) is 0 Å². The number of anilines is 1. The van der Waals surface area contributed by atoms with E-state index in [4.69, 9.17) is 0 Å². The summed E-state index contributed by atoms with van der Waals surface area (Å²) in [5, 5.41) is 14.0. The van der Waals surface area contributed by atoms with Crippen LogP contribution in [0.3, 0.4) is 0 Å². The minimum Gasteiger partial charge on any atom is -0.358 e. The van der Waals surface area contributed by atoms with Gasteiger partial charge in [-0.05, 0) is 44.0 Å². The Labute approximate surface area is 110 Å². The molecule has 1 unspecified atom stereocenters. The number of hydrogen-bond donors (Lipinski definition) is 2. The number of piperidine rings is 1. The molecule has 2 aromatic rings. The number of nitrogens with zero attached hydrogens (tertiary/aromatic N) is 4. The second kappa shape index (κ2) is 5.00. The molecule has 19 heavy (non-hydrogen) atoms.